The van der Waals surface area contributed by atoms with E-state index in [-0.39, 0.29) is 6.10 Å². The van der Waals surface area contributed by atoms with Crippen molar-refractivity contribution in [2.45, 2.75) is 39.8 Å². The maximum atomic E-state index is 9.96. The van der Waals surface area contributed by atoms with Crippen LogP contribution < -0.4 is 0 Å². The van der Waals surface area contributed by atoms with Crippen molar-refractivity contribution in [2.24, 2.45) is 5.92 Å². The number of aliphatic hydroxyl groups excluding tert-OH is 1. The zero-order valence-corrected chi connectivity index (χ0v) is 11.3. The van der Waals surface area contributed by atoms with Crippen LogP contribution >= 0.6 is 0 Å². The highest BCUT2D eigenvalue weighted by atomic mass is 16.3. The molecule has 1 N–H and O–H groups in total. The number of aliphatic hydroxyl groups is 1. The molecule has 0 aliphatic rings. The lowest BCUT2D eigenvalue weighted by atomic mass is 10.0. The molecule has 0 saturated carbocycles. The lowest BCUT2D eigenvalue weighted by Crippen LogP contribution is -2.33. The van der Waals surface area contributed by atoms with Crippen molar-refractivity contribution >= 4 is 0 Å². The Kier molecular flexibility index (Phi) is 5.59. The lowest BCUT2D eigenvalue weighted by molar-refractivity contribution is 0.0751. The minimum Gasteiger partial charge on any atom is -0.392 e. The van der Waals surface area contributed by atoms with Gasteiger partial charge in [0.15, 0.2) is 0 Å². The summed E-state index contributed by atoms with van der Waals surface area (Å²) in [5.74, 6) is 0.350. The molecular formula is C14H24N2O. The Bertz CT molecular complexity index is 341. The lowest BCUT2D eigenvalue weighted by Gasteiger charge is -2.23. The van der Waals surface area contributed by atoms with Crippen molar-refractivity contribution in [3.05, 3.63) is 29.6 Å². The van der Waals surface area contributed by atoms with E-state index < -0.39 is 0 Å². The maximum Gasteiger partial charge on any atom is 0.0692 e. The zero-order valence-electron chi connectivity index (χ0n) is 11.3. The first-order valence-corrected chi connectivity index (χ1v) is 6.32. The SMILES string of the molecule is CCC(C)C(O)CN(C)Cc1cccc(C)n1. The van der Waals surface area contributed by atoms with Gasteiger partial charge in [0.1, 0.15) is 0 Å². The molecule has 0 spiro atoms. The van der Waals surface area contributed by atoms with E-state index in [0.29, 0.717) is 12.5 Å². The van der Waals surface area contributed by atoms with Crippen molar-refractivity contribution < 1.29 is 5.11 Å². The number of aromatic nitrogens is 1. The summed E-state index contributed by atoms with van der Waals surface area (Å²) < 4.78 is 0. The van der Waals surface area contributed by atoms with Crippen LogP contribution in [0.25, 0.3) is 0 Å². The van der Waals surface area contributed by atoms with Crippen LogP contribution in [0.1, 0.15) is 31.7 Å². The van der Waals surface area contributed by atoms with Crippen molar-refractivity contribution in [3.8, 4) is 0 Å². The van der Waals surface area contributed by atoms with Gasteiger partial charge in [-0.05, 0) is 32.0 Å². The average molecular weight is 236 g/mol. The molecule has 96 valence electrons. The van der Waals surface area contributed by atoms with Crippen LogP contribution in [0.15, 0.2) is 18.2 Å². The molecule has 0 amide bonds. The number of hydrogen-bond acceptors (Lipinski definition) is 3. The van der Waals surface area contributed by atoms with Gasteiger partial charge < -0.3 is 5.11 Å². The van der Waals surface area contributed by atoms with E-state index in [9.17, 15) is 5.11 Å². The smallest absolute Gasteiger partial charge is 0.0692 e. The minimum absolute atomic E-state index is 0.255. The Morgan fingerprint density at radius 3 is 2.71 bits per heavy atom. The van der Waals surface area contributed by atoms with Gasteiger partial charge in [0.2, 0.25) is 0 Å². The van der Waals surface area contributed by atoms with Crippen molar-refractivity contribution in [1.29, 1.82) is 0 Å². The molecule has 3 heteroatoms. The van der Waals surface area contributed by atoms with E-state index in [1.165, 1.54) is 0 Å². The number of pyridine rings is 1. The third-order valence-corrected chi connectivity index (χ3v) is 3.18. The molecular weight excluding hydrogens is 212 g/mol. The molecule has 0 radical (unpaired) electrons. The van der Waals surface area contributed by atoms with Crippen LogP contribution in [-0.2, 0) is 6.54 Å². The number of rotatable bonds is 6. The quantitative estimate of drug-likeness (QED) is 0.823. The molecule has 1 heterocycles. The zero-order chi connectivity index (χ0) is 12.8. The summed E-state index contributed by atoms with van der Waals surface area (Å²) in [4.78, 5) is 6.59. The molecule has 0 bridgehead atoms. The van der Waals surface area contributed by atoms with E-state index in [1.54, 1.807) is 0 Å². The van der Waals surface area contributed by atoms with Gasteiger partial charge in [-0.15, -0.1) is 0 Å². The molecule has 0 aromatic carbocycles. The second kappa shape index (κ2) is 6.72. The van der Waals surface area contributed by atoms with Crippen LogP contribution in [0.4, 0.5) is 0 Å². The number of hydrogen-bond donors (Lipinski definition) is 1. The molecule has 1 aromatic rings. The van der Waals surface area contributed by atoms with E-state index in [0.717, 1.165) is 24.4 Å². The summed E-state index contributed by atoms with van der Waals surface area (Å²) in [5, 5.41) is 9.96. The second-order valence-corrected chi connectivity index (χ2v) is 4.92. The van der Waals surface area contributed by atoms with Crippen LogP contribution in [0, 0.1) is 12.8 Å². The van der Waals surface area contributed by atoms with E-state index in [1.807, 2.05) is 32.2 Å². The molecule has 17 heavy (non-hydrogen) atoms. The third-order valence-electron chi connectivity index (χ3n) is 3.18. The monoisotopic (exact) mass is 236 g/mol. The molecule has 0 aliphatic carbocycles. The van der Waals surface area contributed by atoms with Crippen LogP contribution in [0.5, 0.6) is 0 Å². The second-order valence-electron chi connectivity index (χ2n) is 4.92. The highest BCUT2D eigenvalue weighted by Gasteiger charge is 2.14. The summed E-state index contributed by atoms with van der Waals surface area (Å²) >= 11 is 0. The third kappa shape index (κ3) is 4.84. The van der Waals surface area contributed by atoms with Gasteiger partial charge in [0.05, 0.1) is 11.8 Å². The Labute approximate surface area is 104 Å². The van der Waals surface area contributed by atoms with E-state index in [2.05, 4.69) is 23.7 Å². The first-order valence-electron chi connectivity index (χ1n) is 6.32. The Hall–Kier alpha value is -0.930. The summed E-state index contributed by atoms with van der Waals surface area (Å²) in [5.41, 5.74) is 2.10. The molecule has 1 rings (SSSR count). The maximum absolute atomic E-state index is 9.96. The molecule has 0 fully saturated rings. The Morgan fingerprint density at radius 2 is 2.12 bits per heavy atom. The Balaban J connectivity index is 2.47. The minimum atomic E-state index is -0.255. The predicted octanol–water partition coefficient (Wildman–Crippen LogP) is 2.23. The normalized spacial score (nSPS) is 14.9. The molecule has 0 saturated heterocycles. The van der Waals surface area contributed by atoms with Crippen LogP contribution in [0.3, 0.4) is 0 Å². The largest absolute Gasteiger partial charge is 0.392 e. The number of nitrogens with zero attached hydrogens (tertiary/aromatic N) is 2. The fourth-order valence-electron chi connectivity index (χ4n) is 1.80. The summed E-state index contributed by atoms with van der Waals surface area (Å²) in [6.07, 6.45) is 0.757. The number of likely N-dealkylation sites (N-methyl/N-ethyl adjacent to an activating group) is 1. The molecule has 2 atom stereocenters. The first kappa shape index (κ1) is 14.1. The Morgan fingerprint density at radius 1 is 1.41 bits per heavy atom. The average Bonchev–Trinajstić information content (AvgIpc) is 2.27. The van der Waals surface area contributed by atoms with Gasteiger partial charge in [0, 0.05) is 18.8 Å². The molecule has 2 unspecified atom stereocenters. The standard InChI is InChI=1S/C14H24N2O/c1-5-11(2)14(17)10-16(4)9-13-8-6-7-12(3)15-13/h6-8,11,14,17H,5,9-10H2,1-4H3. The predicted molar refractivity (Wildman–Crippen MR) is 70.8 cm³/mol. The van der Waals surface area contributed by atoms with Crippen LogP contribution in [0.2, 0.25) is 0 Å². The van der Waals surface area contributed by atoms with Crippen molar-refractivity contribution in [3.63, 3.8) is 0 Å². The highest BCUT2D eigenvalue weighted by Crippen LogP contribution is 2.10. The number of aryl methyl sites for hydroxylation is 1. The van der Waals surface area contributed by atoms with E-state index >= 15 is 0 Å². The molecule has 1 aromatic heterocycles. The van der Waals surface area contributed by atoms with Crippen LogP contribution in [-0.4, -0.2) is 34.7 Å². The van der Waals surface area contributed by atoms with Gasteiger partial charge in [-0.25, -0.2) is 0 Å². The topological polar surface area (TPSA) is 36.4 Å². The first-order chi connectivity index (χ1) is 8.02. The summed E-state index contributed by atoms with van der Waals surface area (Å²) in [6, 6.07) is 6.05. The van der Waals surface area contributed by atoms with Gasteiger partial charge in [0.25, 0.3) is 0 Å². The summed E-state index contributed by atoms with van der Waals surface area (Å²) in [6.45, 7) is 7.68. The molecule has 3 nitrogen and oxygen atoms in total. The fourth-order valence-corrected chi connectivity index (χ4v) is 1.80. The van der Waals surface area contributed by atoms with Gasteiger partial charge in [-0.3, -0.25) is 9.88 Å². The fraction of sp³-hybridized carbons (Fsp3) is 0.643. The van der Waals surface area contributed by atoms with Gasteiger partial charge in [-0.1, -0.05) is 26.3 Å². The van der Waals surface area contributed by atoms with Crippen molar-refractivity contribution in [1.82, 2.24) is 9.88 Å². The van der Waals surface area contributed by atoms with E-state index in [4.69, 9.17) is 0 Å². The van der Waals surface area contributed by atoms with Gasteiger partial charge in [-0.2, -0.15) is 0 Å². The highest BCUT2D eigenvalue weighted by molar-refractivity contribution is 5.09. The van der Waals surface area contributed by atoms with Gasteiger partial charge >= 0.3 is 0 Å². The van der Waals surface area contributed by atoms with Crippen molar-refractivity contribution in [2.75, 3.05) is 13.6 Å². The molecule has 0 aliphatic heterocycles. The summed E-state index contributed by atoms with van der Waals surface area (Å²) in [7, 11) is 2.02.